The van der Waals surface area contributed by atoms with Crippen molar-refractivity contribution in [2.75, 3.05) is 0 Å². The van der Waals surface area contributed by atoms with Crippen LogP contribution in [0.4, 0.5) is 5.69 Å². The zero-order valence-corrected chi connectivity index (χ0v) is 11.1. The molecule has 1 atom stereocenters. The number of fused-ring (bicyclic) bond motifs is 1. The summed E-state index contributed by atoms with van der Waals surface area (Å²) in [6, 6.07) is 7.45. The molecule has 1 unspecified atom stereocenters. The van der Waals surface area contributed by atoms with Crippen LogP contribution in [-0.4, -0.2) is 24.4 Å². The van der Waals surface area contributed by atoms with Gasteiger partial charge in [-0.2, -0.15) is 12.8 Å². The molecule has 0 aliphatic carbocycles. The zero-order valence-electron chi connectivity index (χ0n) is 9.49. The average Bonchev–Trinajstić information content (AvgIpc) is 2.68. The molecule has 0 aromatic heterocycles. The second-order valence-electron chi connectivity index (χ2n) is 3.26. The normalized spacial score (nSPS) is 19.6. The minimum atomic E-state index is -3.64. The summed E-state index contributed by atoms with van der Waals surface area (Å²) in [7, 11) is -4.23. The Kier molecular flexibility index (Phi) is 3.26. The fourth-order valence-electron chi connectivity index (χ4n) is 1.56. The monoisotopic (exact) mass is 268 g/mol. The average molecular weight is 268 g/mol. The van der Waals surface area contributed by atoms with E-state index in [-0.39, 0.29) is 4.38 Å². The summed E-state index contributed by atoms with van der Waals surface area (Å²) in [6.07, 6.45) is 1.28. The predicted molar refractivity (Wildman–Crippen MR) is 74.2 cm³/mol. The lowest BCUT2D eigenvalue weighted by atomic mass is 10.3. The van der Waals surface area contributed by atoms with E-state index >= 15 is 0 Å². The molecule has 0 radical (unpaired) electrons. The topological polar surface area (TPSA) is 58.9 Å². The van der Waals surface area contributed by atoms with E-state index in [2.05, 4.69) is 9.39 Å². The van der Waals surface area contributed by atoms with Crippen LogP contribution in [0.25, 0.3) is 0 Å². The quantitative estimate of drug-likeness (QED) is 0.446. The Morgan fingerprint density at radius 1 is 1.29 bits per heavy atom. The van der Waals surface area contributed by atoms with Crippen molar-refractivity contribution in [1.29, 1.82) is 0 Å². The van der Waals surface area contributed by atoms with E-state index < -0.39 is 20.5 Å². The highest BCUT2D eigenvalue weighted by atomic mass is 32.3. The number of rotatable bonds is 1. The van der Waals surface area contributed by atoms with Crippen LogP contribution in [0.3, 0.4) is 0 Å². The molecule has 1 aliphatic heterocycles. The van der Waals surface area contributed by atoms with E-state index in [1.165, 1.54) is 6.21 Å². The van der Waals surface area contributed by atoms with E-state index in [4.69, 9.17) is 0 Å². The Morgan fingerprint density at radius 2 is 2.00 bits per heavy atom. The standard InChI is InChI=1S/C11H12N2O2S2/c1-3-12-17(14,15)11-13-9-7-5-6-8-10(9)16(11)4-2/h3-8H,1-2H3. The van der Waals surface area contributed by atoms with Crippen LogP contribution in [0.15, 0.2) is 38.6 Å². The van der Waals surface area contributed by atoms with Crippen LogP contribution in [0.5, 0.6) is 0 Å². The van der Waals surface area contributed by atoms with Crippen molar-refractivity contribution >= 4 is 42.2 Å². The number of hydrogen-bond donors (Lipinski definition) is 0. The van der Waals surface area contributed by atoms with Gasteiger partial charge in [-0.3, -0.25) is 0 Å². The summed E-state index contributed by atoms with van der Waals surface area (Å²) in [5.74, 6) is 0. The van der Waals surface area contributed by atoms with Gasteiger partial charge in [-0.25, -0.2) is 4.99 Å². The van der Waals surface area contributed by atoms with Gasteiger partial charge >= 0.3 is 10.0 Å². The van der Waals surface area contributed by atoms with E-state index in [0.717, 1.165) is 10.6 Å². The van der Waals surface area contributed by atoms with Gasteiger partial charge in [0, 0.05) is 11.1 Å². The van der Waals surface area contributed by atoms with Crippen molar-refractivity contribution in [2.45, 2.75) is 18.7 Å². The molecular weight excluding hydrogens is 256 g/mol. The van der Waals surface area contributed by atoms with Crippen LogP contribution in [0.2, 0.25) is 0 Å². The highest BCUT2D eigenvalue weighted by molar-refractivity contribution is 8.43. The molecule has 0 saturated heterocycles. The molecule has 17 heavy (non-hydrogen) atoms. The van der Waals surface area contributed by atoms with E-state index in [9.17, 15) is 8.42 Å². The van der Waals surface area contributed by atoms with Gasteiger partial charge < -0.3 is 0 Å². The molecule has 0 fully saturated rings. The largest absolute Gasteiger partial charge is 0.305 e. The maximum Gasteiger partial charge on any atom is 0.305 e. The minimum Gasteiger partial charge on any atom is -0.227 e. The SMILES string of the molecule is CC=NS(=O)(=O)C1=Nc2ccccc2S1=CC. The van der Waals surface area contributed by atoms with Gasteiger partial charge in [-0.15, -0.1) is 0 Å². The molecule has 1 heterocycles. The van der Waals surface area contributed by atoms with Crippen molar-refractivity contribution in [3.8, 4) is 0 Å². The van der Waals surface area contributed by atoms with E-state index in [1.54, 1.807) is 6.92 Å². The highest BCUT2D eigenvalue weighted by Gasteiger charge is 2.28. The fourth-order valence-corrected chi connectivity index (χ4v) is 5.14. The first-order chi connectivity index (χ1) is 8.10. The molecule has 0 saturated carbocycles. The number of nitrogens with zero attached hydrogens (tertiary/aromatic N) is 2. The first-order valence-corrected chi connectivity index (χ1v) is 7.78. The van der Waals surface area contributed by atoms with Gasteiger partial charge in [0.15, 0.2) is 0 Å². The van der Waals surface area contributed by atoms with Crippen LogP contribution < -0.4 is 0 Å². The number of para-hydroxylation sites is 1. The summed E-state index contributed by atoms with van der Waals surface area (Å²) < 4.78 is 27.5. The summed E-state index contributed by atoms with van der Waals surface area (Å²) in [5, 5.41) is 1.85. The maximum absolute atomic E-state index is 11.9. The molecule has 1 aromatic carbocycles. The van der Waals surface area contributed by atoms with Crippen LogP contribution >= 0.6 is 10.5 Å². The Bertz CT molecular complexity index is 643. The van der Waals surface area contributed by atoms with Gasteiger partial charge in [0.05, 0.1) is 5.69 Å². The molecule has 1 aliphatic rings. The third-order valence-electron chi connectivity index (χ3n) is 2.20. The van der Waals surface area contributed by atoms with Crippen molar-refractivity contribution in [3.05, 3.63) is 24.3 Å². The summed E-state index contributed by atoms with van der Waals surface area (Å²) in [4.78, 5) is 5.13. The van der Waals surface area contributed by atoms with Crippen LogP contribution in [0, 0.1) is 0 Å². The highest BCUT2D eigenvalue weighted by Crippen LogP contribution is 2.44. The lowest BCUT2D eigenvalue weighted by molar-refractivity contribution is 0.609. The third kappa shape index (κ3) is 2.10. The second kappa shape index (κ2) is 4.54. The van der Waals surface area contributed by atoms with Gasteiger partial charge in [-0.05, 0) is 26.0 Å². The number of aliphatic imine (C=N–C) groups is 1. The fraction of sp³-hybridized carbons (Fsp3) is 0.182. The van der Waals surface area contributed by atoms with Crippen molar-refractivity contribution in [1.82, 2.24) is 0 Å². The Balaban J connectivity index is 2.62. The molecule has 90 valence electrons. The zero-order chi connectivity index (χ0) is 12.5. The Morgan fingerprint density at radius 3 is 2.65 bits per heavy atom. The predicted octanol–water partition coefficient (Wildman–Crippen LogP) is 2.56. The van der Waals surface area contributed by atoms with Crippen LogP contribution in [0.1, 0.15) is 13.8 Å². The first-order valence-electron chi connectivity index (χ1n) is 5.05. The number of sulfonamides is 1. The minimum absolute atomic E-state index is 0.138. The molecule has 0 amide bonds. The molecule has 6 heteroatoms. The number of hydrogen-bond acceptors (Lipinski definition) is 3. The molecule has 1 aromatic rings. The van der Waals surface area contributed by atoms with Gasteiger partial charge in [0.25, 0.3) is 0 Å². The third-order valence-corrected chi connectivity index (χ3v) is 6.15. The van der Waals surface area contributed by atoms with E-state index in [0.29, 0.717) is 0 Å². The lowest BCUT2D eigenvalue weighted by Crippen LogP contribution is -2.08. The smallest absolute Gasteiger partial charge is 0.227 e. The summed E-state index contributed by atoms with van der Waals surface area (Å²) in [6.45, 7) is 3.42. The van der Waals surface area contributed by atoms with Gasteiger partial charge in [0.2, 0.25) is 4.38 Å². The van der Waals surface area contributed by atoms with Crippen molar-refractivity contribution < 1.29 is 8.42 Å². The van der Waals surface area contributed by atoms with Crippen molar-refractivity contribution in [3.63, 3.8) is 0 Å². The van der Waals surface area contributed by atoms with Crippen molar-refractivity contribution in [2.24, 2.45) is 9.39 Å². The number of benzene rings is 1. The molecule has 0 bridgehead atoms. The molecular formula is C11H12N2O2S2. The summed E-state index contributed by atoms with van der Waals surface area (Å²) >= 11 is 0. The second-order valence-corrected chi connectivity index (χ2v) is 7.04. The first kappa shape index (κ1) is 12.2. The lowest BCUT2D eigenvalue weighted by Gasteiger charge is -2.03. The molecule has 2 rings (SSSR count). The molecule has 0 spiro atoms. The van der Waals surface area contributed by atoms with Gasteiger partial charge in [-0.1, -0.05) is 28.0 Å². The summed E-state index contributed by atoms with van der Waals surface area (Å²) in [5.41, 5.74) is 0.721. The van der Waals surface area contributed by atoms with Gasteiger partial charge in [0.1, 0.15) is 0 Å². The maximum atomic E-state index is 11.9. The Labute approximate surface area is 103 Å². The molecule has 4 nitrogen and oxygen atoms in total. The van der Waals surface area contributed by atoms with Crippen LogP contribution in [-0.2, 0) is 10.0 Å². The van der Waals surface area contributed by atoms with E-state index in [1.807, 2.05) is 36.6 Å². The molecule has 0 N–H and O–H groups in total. The Hall–Kier alpha value is -1.27.